The van der Waals surface area contributed by atoms with Crippen LogP contribution < -0.4 is 10.2 Å². The van der Waals surface area contributed by atoms with Gasteiger partial charge < -0.3 is 5.32 Å². The standard InChI is InChI=1S/C21H13BrN2O3/c22-14-7-5-13(6-8-14)19(25)23-15-9-11-16(12-10-15)24-20(26)17-3-1-2-4-18(17)21(24)27/h1-12H,(H,23,25). The Morgan fingerprint density at radius 1 is 0.778 bits per heavy atom. The fourth-order valence-electron chi connectivity index (χ4n) is 2.92. The van der Waals surface area contributed by atoms with Gasteiger partial charge in [-0.1, -0.05) is 28.1 Å². The van der Waals surface area contributed by atoms with Crippen LogP contribution in [-0.2, 0) is 0 Å². The molecule has 0 unspecified atom stereocenters. The van der Waals surface area contributed by atoms with Gasteiger partial charge in [-0.15, -0.1) is 0 Å². The van der Waals surface area contributed by atoms with E-state index >= 15 is 0 Å². The van der Waals surface area contributed by atoms with E-state index in [1.807, 2.05) is 0 Å². The normalized spacial score (nSPS) is 12.9. The maximum atomic E-state index is 12.5. The third-order valence-corrected chi connectivity index (χ3v) is 4.81. The molecule has 4 rings (SSSR count). The third kappa shape index (κ3) is 3.15. The zero-order valence-corrected chi connectivity index (χ0v) is 15.6. The van der Waals surface area contributed by atoms with Crippen molar-refractivity contribution in [1.29, 1.82) is 0 Å². The fraction of sp³-hybridized carbons (Fsp3) is 0. The summed E-state index contributed by atoms with van der Waals surface area (Å²) in [4.78, 5) is 38.4. The number of imide groups is 1. The number of nitrogens with zero attached hydrogens (tertiary/aromatic N) is 1. The summed E-state index contributed by atoms with van der Waals surface area (Å²) in [7, 11) is 0. The number of hydrogen-bond donors (Lipinski definition) is 1. The minimum atomic E-state index is -0.345. The Morgan fingerprint density at radius 2 is 1.33 bits per heavy atom. The van der Waals surface area contributed by atoms with Crippen LogP contribution >= 0.6 is 15.9 Å². The molecule has 0 spiro atoms. The van der Waals surface area contributed by atoms with Gasteiger partial charge >= 0.3 is 0 Å². The van der Waals surface area contributed by atoms with Gasteiger partial charge in [0.15, 0.2) is 0 Å². The molecule has 1 heterocycles. The molecule has 5 nitrogen and oxygen atoms in total. The highest BCUT2D eigenvalue weighted by Crippen LogP contribution is 2.29. The first kappa shape index (κ1) is 17.2. The number of halogens is 1. The number of nitrogens with one attached hydrogen (secondary N) is 1. The average Bonchev–Trinajstić information content (AvgIpc) is 2.94. The molecule has 6 heteroatoms. The monoisotopic (exact) mass is 420 g/mol. The largest absolute Gasteiger partial charge is 0.322 e. The number of benzene rings is 3. The molecule has 3 aromatic carbocycles. The summed E-state index contributed by atoms with van der Waals surface area (Å²) in [5.74, 6) is -0.930. The summed E-state index contributed by atoms with van der Waals surface area (Å²) in [6.45, 7) is 0. The van der Waals surface area contributed by atoms with Crippen molar-refractivity contribution in [2.45, 2.75) is 0 Å². The lowest BCUT2D eigenvalue weighted by Crippen LogP contribution is -2.29. The van der Waals surface area contributed by atoms with Crippen molar-refractivity contribution >= 4 is 45.0 Å². The number of anilines is 2. The van der Waals surface area contributed by atoms with E-state index in [2.05, 4.69) is 21.2 Å². The van der Waals surface area contributed by atoms with Gasteiger partial charge in [0.1, 0.15) is 0 Å². The predicted molar refractivity (Wildman–Crippen MR) is 106 cm³/mol. The highest BCUT2D eigenvalue weighted by molar-refractivity contribution is 9.10. The smallest absolute Gasteiger partial charge is 0.266 e. The highest BCUT2D eigenvalue weighted by atomic mass is 79.9. The van der Waals surface area contributed by atoms with Crippen molar-refractivity contribution in [3.8, 4) is 0 Å². The predicted octanol–water partition coefficient (Wildman–Crippen LogP) is 4.50. The minimum Gasteiger partial charge on any atom is -0.322 e. The second kappa shape index (κ2) is 6.81. The molecule has 1 aliphatic rings. The van der Waals surface area contributed by atoms with Gasteiger partial charge in [-0.25, -0.2) is 4.90 Å². The van der Waals surface area contributed by atoms with E-state index in [0.29, 0.717) is 28.1 Å². The molecule has 0 aliphatic carbocycles. The molecule has 0 bridgehead atoms. The van der Waals surface area contributed by atoms with Crippen LogP contribution in [0.25, 0.3) is 0 Å². The van der Waals surface area contributed by atoms with Crippen LogP contribution in [0.2, 0.25) is 0 Å². The molecule has 1 N–H and O–H groups in total. The van der Waals surface area contributed by atoms with Gasteiger partial charge in [-0.05, 0) is 60.7 Å². The van der Waals surface area contributed by atoms with E-state index < -0.39 is 0 Å². The van der Waals surface area contributed by atoms with Crippen molar-refractivity contribution < 1.29 is 14.4 Å². The van der Waals surface area contributed by atoms with Crippen LogP contribution in [0.1, 0.15) is 31.1 Å². The van der Waals surface area contributed by atoms with E-state index in [1.54, 1.807) is 72.8 Å². The first-order valence-corrected chi connectivity index (χ1v) is 8.99. The number of fused-ring (bicyclic) bond motifs is 1. The summed E-state index contributed by atoms with van der Waals surface area (Å²) in [6, 6.07) is 20.4. The number of amides is 3. The summed E-state index contributed by atoms with van der Waals surface area (Å²) in [5.41, 5.74) is 2.36. The zero-order chi connectivity index (χ0) is 19.0. The summed E-state index contributed by atoms with van der Waals surface area (Å²) in [6.07, 6.45) is 0. The van der Waals surface area contributed by atoms with E-state index in [1.165, 1.54) is 0 Å². The van der Waals surface area contributed by atoms with Crippen molar-refractivity contribution in [3.05, 3.63) is 94.0 Å². The SMILES string of the molecule is O=C(Nc1ccc(N2C(=O)c3ccccc3C2=O)cc1)c1ccc(Br)cc1. The Hall–Kier alpha value is -3.25. The Kier molecular flexibility index (Phi) is 4.33. The highest BCUT2D eigenvalue weighted by Gasteiger charge is 2.36. The van der Waals surface area contributed by atoms with Gasteiger partial charge in [-0.3, -0.25) is 14.4 Å². The molecule has 1 aliphatic heterocycles. The van der Waals surface area contributed by atoms with Crippen molar-refractivity contribution in [2.75, 3.05) is 10.2 Å². The van der Waals surface area contributed by atoms with Gasteiger partial charge in [0, 0.05) is 15.7 Å². The molecule has 0 atom stereocenters. The van der Waals surface area contributed by atoms with Crippen LogP contribution in [0, 0.1) is 0 Å². The summed E-state index contributed by atoms with van der Waals surface area (Å²) < 4.78 is 0.893. The lowest BCUT2D eigenvalue weighted by molar-refractivity contribution is 0.0924. The van der Waals surface area contributed by atoms with Crippen LogP contribution in [0.4, 0.5) is 11.4 Å². The Bertz CT molecular complexity index is 1020. The van der Waals surface area contributed by atoms with Gasteiger partial charge in [0.25, 0.3) is 17.7 Å². The molecule has 0 saturated carbocycles. The number of hydrogen-bond acceptors (Lipinski definition) is 3. The molecule has 0 radical (unpaired) electrons. The van der Waals surface area contributed by atoms with Gasteiger partial charge in [0.05, 0.1) is 16.8 Å². The van der Waals surface area contributed by atoms with Crippen LogP contribution in [0.15, 0.2) is 77.3 Å². The number of carbonyl (C=O) groups is 3. The Morgan fingerprint density at radius 3 is 1.89 bits per heavy atom. The molecule has 0 saturated heterocycles. The second-order valence-corrected chi connectivity index (χ2v) is 6.91. The molecular weight excluding hydrogens is 408 g/mol. The Labute approximate surface area is 163 Å². The number of carbonyl (C=O) groups excluding carboxylic acids is 3. The number of rotatable bonds is 3. The lowest BCUT2D eigenvalue weighted by atomic mass is 10.1. The third-order valence-electron chi connectivity index (χ3n) is 4.28. The lowest BCUT2D eigenvalue weighted by Gasteiger charge is -2.14. The average molecular weight is 421 g/mol. The topological polar surface area (TPSA) is 66.5 Å². The van der Waals surface area contributed by atoms with Crippen molar-refractivity contribution in [2.24, 2.45) is 0 Å². The second-order valence-electron chi connectivity index (χ2n) is 6.00. The molecule has 3 aromatic rings. The summed E-state index contributed by atoms with van der Waals surface area (Å²) >= 11 is 3.33. The van der Waals surface area contributed by atoms with Crippen molar-refractivity contribution in [1.82, 2.24) is 0 Å². The maximum absolute atomic E-state index is 12.5. The van der Waals surface area contributed by atoms with Crippen LogP contribution in [0.5, 0.6) is 0 Å². The molecule has 0 aromatic heterocycles. The molecule has 132 valence electrons. The van der Waals surface area contributed by atoms with Crippen molar-refractivity contribution in [3.63, 3.8) is 0 Å². The Balaban J connectivity index is 1.53. The maximum Gasteiger partial charge on any atom is 0.266 e. The molecule has 3 amide bonds. The van der Waals surface area contributed by atoms with Gasteiger partial charge in [-0.2, -0.15) is 0 Å². The molecule has 0 fully saturated rings. The first-order valence-electron chi connectivity index (χ1n) is 8.19. The van der Waals surface area contributed by atoms with E-state index in [9.17, 15) is 14.4 Å². The quantitative estimate of drug-likeness (QED) is 0.634. The molecular formula is C21H13BrN2O3. The minimum absolute atomic E-state index is 0.240. The summed E-state index contributed by atoms with van der Waals surface area (Å²) in [5, 5.41) is 2.79. The van der Waals surface area contributed by atoms with Crippen LogP contribution in [-0.4, -0.2) is 17.7 Å². The van der Waals surface area contributed by atoms with Gasteiger partial charge in [0.2, 0.25) is 0 Å². The van der Waals surface area contributed by atoms with Crippen LogP contribution in [0.3, 0.4) is 0 Å². The first-order chi connectivity index (χ1) is 13.0. The van der Waals surface area contributed by atoms with E-state index in [-0.39, 0.29) is 17.7 Å². The fourth-order valence-corrected chi connectivity index (χ4v) is 3.19. The van der Waals surface area contributed by atoms with E-state index in [4.69, 9.17) is 0 Å². The zero-order valence-electron chi connectivity index (χ0n) is 14.0. The molecule has 27 heavy (non-hydrogen) atoms. The van der Waals surface area contributed by atoms with E-state index in [0.717, 1.165) is 9.37 Å².